The van der Waals surface area contributed by atoms with Crippen molar-refractivity contribution in [2.45, 2.75) is 36.3 Å². The van der Waals surface area contributed by atoms with Crippen molar-refractivity contribution >= 4 is 33.2 Å². The molecule has 0 spiro atoms. The van der Waals surface area contributed by atoms with Gasteiger partial charge in [-0.15, -0.1) is 5.11 Å². The van der Waals surface area contributed by atoms with Gasteiger partial charge >= 0.3 is 5.91 Å². The number of nitrogens with zero attached hydrogens (tertiary/aromatic N) is 3. The zero-order valence-corrected chi connectivity index (χ0v) is 27.6. The summed E-state index contributed by atoms with van der Waals surface area (Å²) in [7, 11) is 2.63. The van der Waals surface area contributed by atoms with Gasteiger partial charge in [0.25, 0.3) is 0 Å². The maximum absolute atomic E-state index is 14.2. The molecule has 14 nitrogen and oxygen atoms in total. The number of aromatic hydroxyl groups is 1. The number of aliphatic hydroxyl groups is 3. The number of fused-ring (bicyclic) bond motifs is 3. The number of Topliss-reactive ketones (excluding diaryl/α,β-unsaturated/α-hetero) is 2. The third-order valence-corrected chi connectivity index (χ3v) is 10.6. The van der Waals surface area contributed by atoms with Crippen LogP contribution in [0.5, 0.6) is 5.75 Å². The number of rotatable bonds is 6. The van der Waals surface area contributed by atoms with Crippen molar-refractivity contribution in [3.63, 3.8) is 0 Å². The van der Waals surface area contributed by atoms with Crippen LogP contribution in [-0.2, 0) is 26.0 Å². The van der Waals surface area contributed by atoms with E-state index in [4.69, 9.17) is 5.53 Å². The van der Waals surface area contributed by atoms with E-state index in [0.29, 0.717) is 11.3 Å². The van der Waals surface area contributed by atoms with Crippen molar-refractivity contribution < 1.29 is 43.2 Å². The van der Waals surface area contributed by atoms with Crippen molar-refractivity contribution in [2.24, 2.45) is 17.0 Å². The van der Waals surface area contributed by atoms with Crippen LogP contribution in [0.25, 0.3) is 0 Å². The molecular formula is C33H35N5O9S. The minimum Gasteiger partial charge on any atom is -0.510 e. The lowest BCUT2D eigenvalue weighted by molar-refractivity contribution is -0.148. The highest BCUT2D eigenvalue weighted by Crippen LogP contribution is 2.53. The molecule has 48 heavy (non-hydrogen) atoms. The monoisotopic (exact) mass is 677 g/mol. The predicted molar refractivity (Wildman–Crippen MR) is 172 cm³/mol. The molecule has 252 valence electrons. The fourth-order valence-electron chi connectivity index (χ4n) is 6.89. The van der Waals surface area contributed by atoms with E-state index in [2.05, 4.69) is 21.7 Å². The Morgan fingerprint density at radius 2 is 1.77 bits per heavy atom. The maximum atomic E-state index is 14.2. The van der Waals surface area contributed by atoms with E-state index in [-0.39, 0.29) is 41.0 Å². The van der Waals surface area contributed by atoms with Gasteiger partial charge in [0.15, 0.2) is 11.4 Å². The van der Waals surface area contributed by atoms with Crippen LogP contribution in [0, 0.1) is 36.1 Å². The second-order valence-corrected chi connectivity index (χ2v) is 14.3. The standard InChI is InChI=1S/C33H35N5O9S/c1-16-8-10-19(11-9-16)48(46,47)35-12-6-7-17-15-22(37(2)3)20-13-18-14-21-26(38(4)5)29(41)25(32(44)36-34)31(43)33(21,45)30(42)23(18)28(40)24(20)27(17)39/h8-11,15,18,21,26,34-35,39,41-42,45H,12-14H2,1-5H3/t18-,21-,26?,33-/m0/s1. The molecule has 2 aromatic carbocycles. The third kappa shape index (κ3) is 5.36. The topological polar surface area (TPSA) is 221 Å². The van der Waals surface area contributed by atoms with Crippen molar-refractivity contribution in [3.8, 4) is 17.6 Å². The summed E-state index contributed by atoms with van der Waals surface area (Å²) in [5, 5.41) is 48.5. The number of sulfonamides is 1. The Morgan fingerprint density at radius 1 is 1.12 bits per heavy atom. The zero-order valence-electron chi connectivity index (χ0n) is 26.8. The first-order valence-corrected chi connectivity index (χ1v) is 16.3. The molecule has 0 aliphatic heterocycles. The normalized spacial score (nSPS) is 23.6. The van der Waals surface area contributed by atoms with E-state index < -0.39 is 73.8 Å². The largest absolute Gasteiger partial charge is 0.510 e. The highest BCUT2D eigenvalue weighted by Gasteiger charge is 2.63. The number of aryl methyl sites for hydroxylation is 1. The number of carbonyl (C=O) groups excluding carboxylic acids is 3. The van der Waals surface area contributed by atoms with Crippen LogP contribution in [0.1, 0.15) is 33.5 Å². The molecule has 0 saturated heterocycles. The number of nitrogens with one attached hydrogen (secondary N) is 2. The van der Waals surface area contributed by atoms with E-state index in [9.17, 15) is 43.2 Å². The molecule has 0 radical (unpaired) electrons. The van der Waals surface area contributed by atoms with E-state index in [1.807, 2.05) is 6.92 Å². The van der Waals surface area contributed by atoms with Gasteiger partial charge in [-0.2, -0.15) is 4.72 Å². The van der Waals surface area contributed by atoms with Crippen LogP contribution in [-0.4, -0.2) is 97.6 Å². The number of allylic oxidation sites excluding steroid dienone is 1. The Bertz CT molecular complexity index is 2010. The average Bonchev–Trinajstić information content (AvgIpc) is 3.01. The third-order valence-electron chi connectivity index (χ3n) is 9.15. The van der Waals surface area contributed by atoms with Gasteiger partial charge in [-0.05, 0) is 63.5 Å². The number of phenols is 1. The lowest BCUT2D eigenvalue weighted by Gasteiger charge is -2.50. The van der Waals surface area contributed by atoms with Crippen LogP contribution in [0.4, 0.5) is 5.69 Å². The van der Waals surface area contributed by atoms with Crippen molar-refractivity contribution in [3.05, 3.63) is 75.3 Å². The summed E-state index contributed by atoms with van der Waals surface area (Å²) < 4.78 is 27.7. The minimum atomic E-state index is -3.87. The van der Waals surface area contributed by atoms with Crippen LogP contribution >= 0.6 is 0 Å². The molecule has 15 heteroatoms. The first-order valence-electron chi connectivity index (χ1n) is 14.8. The fraction of sp³-hybridized carbons (Fsp3) is 0.364. The maximum Gasteiger partial charge on any atom is 0.302 e. The number of anilines is 1. The number of phenolic OH excluding ortho intramolecular Hbond substituents is 1. The van der Waals surface area contributed by atoms with Crippen LogP contribution in [0.15, 0.2) is 63.0 Å². The molecule has 3 aliphatic rings. The number of ketones is 2. The molecule has 0 bridgehead atoms. The molecule has 0 fully saturated rings. The van der Waals surface area contributed by atoms with Gasteiger partial charge in [-0.3, -0.25) is 19.3 Å². The number of carbonyl (C=O) groups is 3. The number of hydrogen-bond donors (Lipinski definition) is 6. The molecule has 5 rings (SSSR count). The molecule has 1 unspecified atom stereocenters. The van der Waals surface area contributed by atoms with Crippen LogP contribution < -0.4 is 9.62 Å². The van der Waals surface area contributed by atoms with Crippen molar-refractivity contribution in [1.29, 1.82) is 5.53 Å². The van der Waals surface area contributed by atoms with Gasteiger partial charge in [-0.1, -0.05) is 29.5 Å². The zero-order chi connectivity index (χ0) is 35.5. The molecule has 2 aromatic rings. The molecule has 6 N–H and O–H groups in total. The van der Waals surface area contributed by atoms with Gasteiger partial charge < -0.3 is 25.3 Å². The molecule has 0 saturated carbocycles. The Kier molecular flexibility index (Phi) is 8.82. The van der Waals surface area contributed by atoms with E-state index in [1.165, 1.54) is 31.1 Å². The summed E-state index contributed by atoms with van der Waals surface area (Å²) in [6.45, 7) is 1.51. The number of likely N-dealkylation sites (N-methyl/N-ethyl adjacent to an activating group) is 1. The first-order chi connectivity index (χ1) is 22.5. The van der Waals surface area contributed by atoms with E-state index >= 15 is 0 Å². The van der Waals surface area contributed by atoms with Crippen molar-refractivity contribution in [2.75, 3.05) is 39.6 Å². The predicted octanol–water partition coefficient (Wildman–Crippen LogP) is 1.90. The number of hydrogen-bond acceptors (Lipinski definition) is 12. The average molecular weight is 678 g/mol. The quantitative estimate of drug-likeness (QED) is 0.147. The summed E-state index contributed by atoms with van der Waals surface area (Å²) in [5.74, 6) is -2.52. The van der Waals surface area contributed by atoms with E-state index in [1.54, 1.807) is 37.2 Å². The highest BCUT2D eigenvalue weighted by molar-refractivity contribution is 7.89. The summed E-state index contributed by atoms with van der Waals surface area (Å²) in [5.41, 5.74) is 4.60. The van der Waals surface area contributed by atoms with Gasteiger partial charge in [-0.25, -0.2) is 13.9 Å². The molecule has 0 aromatic heterocycles. The molecule has 4 atom stereocenters. The second-order valence-electron chi connectivity index (χ2n) is 12.5. The second kappa shape index (κ2) is 12.3. The number of amides is 1. The van der Waals surface area contributed by atoms with E-state index in [0.717, 1.165) is 5.56 Å². The lowest BCUT2D eigenvalue weighted by Crippen LogP contribution is -2.63. The van der Waals surface area contributed by atoms with Crippen LogP contribution in [0.3, 0.4) is 0 Å². The summed E-state index contributed by atoms with van der Waals surface area (Å²) >= 11 is 0. The molecule has 0 heterocycles. The van der Waals surface area contributed by atoms with Crippen molar-refractivity contribution in [1.82, 2.24) is 9.62 Å². The highest BCUT2D eigenvalue weighted by atomic mass is 32.2. The number of benzene rings is 2. The summed E-state index contributed by atoms with van der Waals surface area (Å²) in [4.78, 5) is 43.4. The Hall–Kier alpha value is -4.88. The number of aliphatic hydroxyl groups excluding tert-OH is 2. The Morgan fingerprint density at radius 3 is 2.35 bits per heavy atom. The Labute approximate surface area is 276 Å². The summed E-state index contributed by atoms with van der Waals surface area (Å²) in [6.07, 6.45) is 0.0142. The first kappa shape index (κ1) is 34.5. The van der Waals surface area contributed by atoms with Gasteiger partial charge in [0.05, 0.1) is 28.6 Å². The molecular weight excluding hydrogens is 642 g/mol. The summed E-state index contributed by atoms with van der Waals surface area (Å²) in [6, 6.07) is 6.63. The SMILES string of the molecule is Cc1ccc(S(=O)(=O)NCC#Cc2cc(N(C)C)c3c(c2O)C(=O)C2=C(O)[C@]4(O)C(=O)C(C(=O)N=N)=C(O)C(N(C)C)[C@@H]4C[C@@H]2C3)cc1. The minimum absolute atomic E-state index is 0.00881. The lowest BCUT2D eigenvalue weighted by atomic mass is 9.58. The smallest absolute Gasteiger partial charge is 0.302 e. The van der Waals surface area contributed by atoms with Gasteiger partial charge in [0.1, 0.15) is 22.8 Å². The van der Waals surface area contributed by atoms with Gasteiger partial charge in [0, 0.05) is 31.3 Å². The Balaban J connectivity index is 1.58. The molecule has 3 aliphatic carbocycles. The fourth-order valence-corrected chi connectivity index (χ4v) is 7.81. The van der Waals surface area contributed by atoms with Gasteiger partial charge in [0.2, 0.25) is 15.8 Å². The molecule has 1 amide bonds. The van der Waals surface area contributed by atoms with Crippen LogP contribution in [0.2, 0.25) is 0 Å².